The lowest BCUT2D eigenvalue weighted by atomic mass is 9.79. The minimum atomic E-state index is -3.52. The van der Waals surface area contributed by atoms with Crippen molar-refractivity contribution in [1.82, 2.24) is 0 Å². The molecule has 0 aromatic rings. The van der Waals surface area contributed by atoms with Gasteiger partial charge in [-0.05, 0) is 44.4 Å². The molecule has 4 fully saturated rings. The molecule has 2 aliphatic carbocycles. The van der Waals surface area contributed by atoms with Crippen LogP contribution in [-0.4, -0.2) is 50.2 Å². The first kappa shape index (κ1) is 17.9. The van der Waals surface area contributed by atoms with E-state index in [-0.39, 0.29) is 31.5 Å². The Labute approximate surface area is 151 Å². The average Bonchev–Trinajstić information content (AvgIpc) is 2.79. The highest BCUT2D eigenvalue weighted by atomic mass is 32.2. The number of hydrogen-bond donors (Lipinski definition) is 0. The molecule has 6 unspecified atom stereocenters. The molecule has 2 saturated carbocycles. The molecule has 0 spiro atoms. The van der Waals surface area contributed by atoms with Crippen LogP contribution in [0.5, 0.6) is 0 Å². The fourth-order valence-corrected chi connectivity index (χ4v) is 7.31. The van der Waals surface area contributed by atoms with E-state index in [2.05, 4.69) is 4.74 Å². The van der Waals surface area contributed by atoms with Crippen LogP contribution in [0, 0.1) is 23.7 Å². The molecule has 2 heterocycles. The molecule has 4 rings (SSSR count). The number of hydrogen-bond acceptors (Lipinski definition) is 8. The average molecular weight is 386 g/mol. The van der Waals surface area contributed by atoms with Crippen LogP contribution in [0.3, 0.4) is 0 Å². The summed E-state index contributed by atoms with van der Waals surface area (Å²) in [4.78, 5) is 35.6. The van der Waals surface area contributed by atoms with Crippen LogP contribution < -0.4 is 0 Å². The van der Waals surface area contributed by atoms with Gasteiger partial charge in [0.05, 0.1) is 34.9 Å². The Morgan fingerprint density at radius 1 is 0.769 bits per heavy atom. The molecular weight excluding hydrogens is 364 g/mol. The number of fused-ring (bicyclic) bond motifs is 2. The van der Waals surface area contributed by atoms with E-state index in [9.17, 15) is 22.8 Å². The highest BCUT2D eigenvalue weighted by Crippen LogP contribution is 2.43. The normalized spacial score (nSPS) is 40.8. The zero-order valence-corrected chi connectivity index (χ0v) is 15.1. The van der Waals surface area contributed by atoms with Crippen molar-refractivity contribution in [3.63, 3.8) is 0 Å². The summed E-state index contributed by atoms with van der Waals surface area (Å²) in [6, 6.07) is 0. The van der Waals surface area contributed by atoms with Crippen molar-refractivity contribution in [3.05, 3.63) is 0 Å². The lowest BCUT2D eigenvalue weighted by Crippen LogP contribution is -2.43. The smallest absolute Gasteiger partial charge is 0.317 e. The van der Waals surface area contributed by atoms with Crippen molar-refractivity contribution < 1.29 is 37.0 Å². The summed E-state index contributed by atoms with van der Waals surface area (Å²) >= 11 is 0. The standard InChI is InChI=1S/C17H22O8S/c18-15-13-5-10(2-1-9(13)7-23-8-24-15)26(21,22)11-3-4-12-14(6-11)17(20)25-16(12)19/h9-14H,1-8H2. The van der Waals surface area contributed by atoms with Crippen LogP contribution in [-0.2, 0) is 38.4 Å². The van der Waals surface area contributed by atoms with Crippen LogP contribution in [0.1, 0.15) is 38.5 Å². The number of esters is 3. The predicted octanol–water partition coefficient (Wildman–Crippen LogP) is 0.585. The molecule has 144 valence electrons. The number of sulfone groups is 1. The minimum Gasteiger partial charge on any atom is -0.438 e. The van der Waals surface area contributed by atoms with E-state index in [1.165, 1.54) is 0 Å². The molecule has 2 aliphatic heterocycles. The largest absolute Gasteiger partial charge is 0.438 e. The Morgan fingerprint density at radius 2 is 1.42 bits per heavy atom. The van der Waals surface area contributed by atoms with Gasteiger partial charge in [0, 0.05) is 0 Å². The van der Waals surface area contributed by atoms with E-state index < -0.39 is 50.0 Å². The van der Waals surface area contributed by atoms with Crippen molar-refractivity contribution in [1.29, 1.82) is 0 Å². The van der Waals surface area contributed by atoms with Crippen molar-refractivity contribution in [2.45, 2.75) is 49.0 Å². The van der Waals surface area contributed by atoms with Crippen LogP contribution in [0.25, 0.3) is 0 Å². The van der Waals surface area contributed by atoms with E-state index in [0.717, 1.165) is 0 Å². The third-order valence-corrected chi connectivity index (χ3v) is 9.12. The zero-order chi connectivity index (χ0) is 18.5. The van der Waals surface area contributed by atoms with Gasteiger partial charge in [0.1, 0.15) is 0 Å². The fourth-order valence-electron chi connectivity index (χ4n) is 4.88. The van der Waals surface area contributed by atoms with Crippen molar-refractivity contribution >= 4 is 27.7 Å². The van der Waals surface area contributed by atoms with Gasteiger partial charge >= 0.3 is 17.9 Å². The summed E-state index contributed by atoms with van der Waals surface area (Å²) in [6.07, 6.45) is 2.16. The second-order valence-electron chi connectivity index (χ2n) is 7.73. The molecule has 0 bridgehead atoms. The van der Waals surface area contributed by atoms with Gasteiger partial charge in [0.25, 0.3) is 0 Å². The third kappa shape index (κ3) is 2.94. The molecule has 26 heavy (non-hydrogen) atoms. The zero-order valence-electron chi connectivity index (χ0n) is 14.3. The Hall–Kier alpha value is -1.48. The number of ether oxygens (including phenoxy) is 3. The topological polar surface area (TPSA) is 113 Å². The molecule has 6 atom stereocenters. The molecular formula is C17H22O8S. The number of carbonyl (C=O) groups excluding carboxylic acids is 3. The van der Waals surface area contributed by atoms with E-state index >= 15 is 0 Å². The van der Waals surface area contributed by atoms with Gasteiger partial charge in [-0.25, -0.2) is 8.42 Å². The van der Waals surface area contributed by atoms with Crippen molar-refractivity contribution in [3.8, 4) is 0 Å². The van der Waals surface area contributed by atoms with Gasteiger partial charge in [0.15, 0.2) is 16.6 Å². The minimum absolute atomic E-state index is 0.00498. The summed E-state index contributed by atoms with van der Waals surface area (Å²) < 4.78 is 41.3. The Kier molecular flexibility index (Phi) is 4.54. The predicted molar refractivity (Wildman–Crippen MR) is 86.2 cm³/mol. The number of rotatable bonds is 2. The van der Waals surface area contributed by atoms with Crippen LogP contribution >= 0.6 is 0 Å². The lowest BCUT2D eigenvalue weighted by Gasteiger charge is -2.36. The van der Waals surface area contributed by atoms with Gasteiger partial charge < -0.3 is 14.2 Å². The van der Waals surface area contributed by atoms with E-state index in [1.54, 1.807) is 0 Å². The molecule has 4 aliphatic rings. The van der Waals surface area contributed by atoms with Crippen molar-refractivity contribution in [2.75, 3.05) is 13.4 Å². The number of carbonyl (C=O) groups is 3. The monoisotopic (exact) mass is 386 g/mol. The van der Waals surface area contributed by atoms with Gasteiger partial charge in [-0.1, -0.05) is 0 Å². The summed E-state index contributed by atoms with van der Waals surface area (Å²) in [5.41, 5.74) is 0. The molecule has 0 N–H and O–H groups in total. The first-order valence-corrected chi connectivity index (χ1v) is 10.7. The molecule has 0 aromatic heterocycles. The van der Waals surface area contributed by atoms with E-state index in [4.69, 9.17) is 9.47 Å². The van der Waals surface area contributed by atoms with Crippen LogP contribution in [0.15, 0.2) is 0 Å². The highest BCUT2D eigenvalue weighted by molar-refractivity contribution is 7.92. The summed E-state index contributed by atoms with van der Waals surface area (Å²) in [5, 5.41) is -1.29. The van der Waals surface area contributed by atoms with E-state index in [0.29, 0.717) is 32.3 Å². The van der Waals surface area contributed by atoms with Gasteiger partial charge in [-0.3, -0.25) is 14.4 Å². The molecule has 8 nitrogen and oxygen atoms in total. The van der Waals surface area contributed by atoms with Crippen molar-refractivity contribution in [2.24, 2.45) is 23.7 Å². The maximum absolute atomic E-state index is 13.2. The summed E-state index contributed by atoms with van der Waals surface area (Å²) in [7, 11) is -3.52. The summed E-state index contributed by atoms with van der Waals surface area (Å²) in [5.74, 6) is -3.14. The Balaban J connectivity index is 1.49. The maximum atomic E-state index is 13.2. The van der Waals surface area contributed by atoms with Crippen LogP contribution in [0.4, 0.5) is 0 Å². The Bertz CT molecular complexity index is 729. The second kappa shape index (κ2) is 6.60. The first-order valence-electron chi connectivity index (χ1n) is 9.10. The molecule has 0 aromatic carbocycles. The summed E-state index contributed by atoms with van der Waals surface area (Å²) in [6.45, 7) is 0.329. The van der Waals surface area contributed by atoms with Gasteiger partial charge in [-0.2, -0.15) is 0 Å². The van der Waals surface area contributed by atoms with E-state index in [1.807, 2.05) is 0 Å². The Morgan fingerprint density at radius 3 is 2.19 bits per heavy atom. The second-order valence-corrected chi connectivity index (χ2v) is 10.2. The van der Waals surface area contributed by atoms with Crippen LogP contribution in [0.2, 0.25) is 0 Å². The molecule has 9 heteroatoms. The third-order valence-electron chi connectivity index (χ3n) is 6.40. The van der Waals surface area contributed by atoms with Gasteiger partial charge in [-0.15, -0.1) is 0 Å². The maximum Gasteiger partial charge on any atom is 0.317 e. The fraction of sp³-hybridized carbons (Fsp3) is 0.824. The molecule has 0 radical (unpaired) electrons. The quantitative estimate of drug-likeness (QED) is 0.500. The highest BCUT2D eigenvalue weighted by Gasteiger charge is 2.52. The molecule has 2 saturated heterocycles. The number of cyclic esters (lactones) is 3. The SMILES string of the molecule is O=C1OCOCC2CCC(S(=O)(=O)C3CCC4C(=O)OC(=O)C4C3)CC12. The lowest BCUT2D eigenvalue weighted by molar-refractivity contribution is -0.156. The molecule has 0 amide bonds. The van der Waals surface area contributed by atoms with Gasteiger partial charge in [0.2, 0.25) is 0 Å². The first-order chi connectivity index (χ1) is 12.4.